The van der Waals surface area contributed by atoms with Crippen LogP contribution in [-0.2, 0) is 4.74 Å². The largest absolute Gasteiger partial charge is 0.374 e. The van der Waals surface area contributed by atoms with Gasteiger partial charge in [-0.1, -0.05) is 30.7 Å². The maximum atomic E-state index is 6.11. The Morgan fingerprint density at radius 1 is 1.53 bits per heavy atom. The van der Waals surface area contributed by atoms with Crippen molar-refractivity contribution in [1.29, 1.82) is 0 Å². The quantitative estimate of drug-likeness (QED) is 0.899. The minimum Gasteiger partial charge on any atom is -0.374 e. The van der Waals surface area contributed by atoms with Gasteiger partial charge in [0.15, 0.2) is 0 Å². The molecule has 0 bridgehead atoms. The summed E-state index contributed by atoms with van der Waals surface area (Å²) in [6.45, 7) is 5.91. The van der Waals surface area contributed by atoms with Gasteiger partial charge in [-0.2, -0.15) is 0 Å². The van der Waals surface area contributed by atoms with E-state index >= 15 is 0 Å². The van der Waals surface area contributed by atoms with Crippen molar-refractivity contribution in [2.45, 2.75) is 25.5 Å². The molecule has 1 aliphatic rings. The Kier molecular flexibility index (Phi) is 5.64. The van der Waals surface area contributed by atoms with Crippen LogP contribution in [0.4, 0.5) is 0 Å². The van der Waals surface area contributed by atoms with Gasteiger partial charge in [0, 0.05) is 30.7 Å². The molecule has 0 aliphatic carbocycles. The van der Waals surface area contributed by atoms with Gasteiger partial charge in [-0.05, 0) is 31.2 Å². The highest BCUT2D eigenvalue weighted by atomic mass is 35.5. The molecule has 2 atom stereocenters. The van der Waals surface area contributed by atoms with Gasteiger partial charge < -0.3 is 10.1 Å². The standard InChI is InChI=1S/C15H23ClN2O/c1-3-15(12-5-4-6-13(16)9-12)18-7-8-19-14(11-18)10-17-2/h4-6,9,14-15,17H,3,7-8,10-11H2,1-2H3. The zero-order valence-corrected chi connectivity index (χ0v) is 12.5. The van der Waals surface area contributed by atoms with Crippen molar-refractivity contribution in [3.63, 3.8) is 0 Å². The predicted molar refractivity (Wildman–Crippen MR) is 79.7 cm³/mol. The van der Waals surface area contributed by atoms with E-state index in [0.717, 1.165) is 37.7 Å². The fourth-order valence-corrected chi connectivity index (χ4v) is 2.99. The summed E-state index contributed by atoms with van der Waals surface area (Å²) >= 11 is 6.11. The maximum Gasteiger partial charge on any atom is 0.0826 e. The fraction of sp³-hybridized carbons (Fsp3) is 0.600. The number of ether oxygens (including phenoxy) is 1. The summed E-state index contributed by atoms with van der Waals surface area (Å²) < 4.78 is 5.77. The summed E-state index contributed by atoms with van der Waals surface area (Å²) in [7, 11) is 1.97. The number of hydrogen-bond donors (Lipinski definition) is 1. The van der Waals surface area contributed by atoms with E-state index in [9.17, 15) is 0 Å². The van der Waals surface area contributed by atoms with Gasteiger partial charge in [0.1, 0.15) is 0 Å². The Labute approximate surface area is 120 Å². The lowest BCUT2D eigenvalue weighted by molar-refractivity contribution is -0.0423. The molecule has 106 valence electrons. The highest BCUT2D eigenvalue weighted by Gasteiger charge is 2.26. The van der Waals surface area contributed by atoms with Crippen LogP contribution in [0.15, 0.2) is 24.3 Å². The first-order chi connectivity index (χ1) is 9.24. The minimum absolute atomic E-state index is 0.284. The Morgan fingerprint density at radius 3 is 3.05 bits per heavy atom. The summed E-state index contributed by atoms with van der Waals surface area (Å²) in [6.07, 6.45) is 1.37. The van der Waals surface area contributed by atoms with E-state index in [0.29, 0.717) is 6.04 Å². The van der Waals surface area contributed by atoms with E-state index in [-0.39, 0.29) is 6.10 Å². The van der Waals surface area contributed by atoms with Crippen LogP contribution in [0, 0.1) is 0 Å². The number of rotatable bonds is 5. The van der Waals surface area contributed by atoms with Gasteiger partial charge in [0.2, 0.25) is 0 Å². The van der Waals surface area contributed by atoms with E-state index < -0.39 is 0 Å². The van der Waals surface area contributed by atoms with Crippen LogP contribution in [0.1, 0.15) is 24.9 Å². The normalized spacial score (nSPS) is 22.4. The number of morpholine rings is 1. The molecule has 2 unspecified atom stereocenters. The molecule has 1 saturated heterocycles. The minimum atomic E-state index is 0.284. The average Bonchev–Trinajstić information content (AvgIpc) is 2.41. The van der Waals surface area contributed by atoms with Crippen LogP contribution in [0.2, 0.25) is 5.02 Å². The molecule has 4 heteroatoms. The molecule has 1 aromatic rings. The zero-order chi connectivity index (χ0) is 13.7. The average molecular weight is 283 g/mol. The van der Waals surface area contributed by atoms with E-state index in [4.69, 9.17) is 16.3 Å². The molecule has 1 aliphatic heterocycles. The smallest absolute Gasteiger partial charge is 0.0826 e. The lowest BCUT2D eigenvalue weighted by Crippen LogP contribution is -2.47. The molecule has 1 N–H and O–H groups in total. The number of hydrogen-bond acceptors (Lipinski definition) is 3. The van der Waals surface area contributed by atoms with Gasteiger partial charge in [-0.3, -0.25) is 4.90 Å². The summed E-state index contributed by atoms with van der Waals surface area (Å²) in [4.78, 5) is 2.51. The highest BCUT2D eigenvalue weighted by Crippen LogP contribution is 2.27. The first-order valence-corrected chi connectivity index (χ1v) is 7.38. The summed E-state index contributed by atoms with van der Waals surface area (Å²) in [5.41, 5.74) is 1.31. The van der Waals surface area contributed by atoms with E-state index in [2.05, 4.69) is 29.3 Å². The monoisotopic (exact) mass is 282 g/mol. The Hall–Kier alpha value is -0.610. The van der Waals surface area contributed by atoms with Gasteiger partial charge in [-0.25, -0.2) is 0 Å². The lowest BCUT2D eigenvalue weighted by atomic mass is 10.0. The molecular formula is C15H23ClN2O. The van der Waals surface area contributed by atoms with Crippen LogP contribution >= 0.6 is 11.6 Å². The van der Waals surface area contributed by atoms with Gasteiger partial charge >= 0.3 is 0 Å². The zero-order valence-electron chi connectivity index (χ0n) is 11.7. The van der Waals surface area contributed by atoms with E-state index in [1.807, 2.05) is 19.2 Å². The summed E-state index contributed by atoms with van der Waals surface area (Å²) in [5, 5.41) is 4.01. The molecule has 0 spiro atoms. The molecular weight excluding hydrogens is 260 g/mol. The SMILES string of the molecule is CCC(c1cccc(Cl)c1)N1CCOC(CNC)C1. The Morgan fingerprint density at radius 2 is 2.37 bits per heavy atom. The van der Waals surface area contributed by atoms with Crippen molar-refractivity contribution in [2.75, 3.05) is 33.3 Å². The van der Waals surface area contributed by atoms with Crippen LogP contribution in [0.3, 0.4) is 0 Å². The number of nitrogens with zero attached hydrogens (tertiary/aromatic N) is 1. The van der Waals surface area contributed by atoms with E-state index in [1.54, 1.807) is 0 Å². The number of likely N-dealkylation sites (N-methyl/N-ethyl adjacent to an activating group) is 1. The van der Waals surface area contributed by atoms with Crippen molar-refractivity contribution >= 4 is 11.6 Å². The van der Waals surface area contributed by atoms with Crippen molar-refractivity contribution in [3.8, 4) is 0 Å². The van der Waals surface area contributed by atoms with Crippen molar-refractivity contribution < 1.29 is 4.74 Å². The number of nitrogens with one attached hydrogen (secondary N) is 1. The molecule has 19 heavy (non-hydrogen) atoms. The van der Waals surface area contributed by atoms with Crippen LogP contribution in [0.5, 0.6) is 0 Å². The van der Waals surface area contributed by atoms with Crippen LogP contribution in [-0.4, -0.2) is 44.3 Å². The van der Waals surface area contributed by atoms with Gasteiger partial charge in [0.05, 0.1) is 12.7 Å². The van der Waals surface area contributed by atoms with Crippen LogP contribution < -0.4 is 5.32 Å². The Bertz CT molecular complexity index is 397. The maximum absolute atomic E-state index is 6.11. The fourth-order valence-electron chi connectivity index (χ4n) is 2.79. The highest BCUT2D eigenvalue weighted by molar-refractivity contribution is 6.30. The number of halogens is 1. The second kappa shape index (κ2) is 7.25. The van der Waals surface area contributed by atoms with Crippen molar-refractivity contribution in [2.24, 2.45) is 0 Å². The molecule has 3 nitrogen and oxygen atoms in total. The molecule has 1 heterocycles. The second-order valence-corrected chi connectivity index (χ2v) is 5.46. The topological polar surface area (TPSA) is 24.5 Å². The molecule has 1 aromatic carbocycles. The summed E-state index contributed by atoms with van der Waals surface area (Å²) in [5.74, 6) is 0. The van der Waals surface area contributed by atoms with Crippen molar-refractivity contribution in [1.82, 2.24) is 10.2 Å². The van der Waals surface area contributed by atoms with Crippen LogP contribution in [0.25, 0.3) is 0 Å². The molecule has 1 fully saturated rings. The lowest BCUT2D eigenvalue weighted by Gasteiger charge is -2.38. The third-order valence-corrected chi connectivity index (χ3v) is 3.90. The number of benzene rings is 1. The van der Waals surface area contributed by atoms with Crippen molar-refractivity contribution in [3.05, 3.63) is 34.9 Å². The predicted octanol–water partition coefficient (Wildman–Crippen LogP) is 2.71. The van der Waals surface area contributed by atoms with E-state index in [1.165, 1.54) is 5.56 Å². The summed E-state index contributed by atoms with van der Waals surface area (Å²) in [6, 6.07) is 8.65. The first kappa shape index (κ1) is 14.8. The molecule has 2 rings (SSSR count). The first-order valence-electron chi connectivity index (χ1n) is 7.00. The van der Waals surface area contributed by atoms with Gasteiger partial charge in [-0.15, -0.1) is 0 Å². The molecule has 0 aromatic heterocycles. The molecule has 0 amide bonds. The molecule has 0 saturated carbocycles. The third-order valence-electron chi connectivity index (χ3n) is 3.66. The molecule has 0 radical (unpaired) electrons. The second-order valence-electron chi connectivity index (χ2n) is 5.02. The third kappa shape index (κ3) is 3.93. The Balaban J connectivity index is 2.08. The van der Waals surface area contributed by atoms with Gasteiger partial charge in [0.25, 0.3) is 0 Å².